The summed E-state index contributed by atoms with van der Waals surface area (Å²) in [5, 5.41) is 14.7. The zero-order valence-corrected chi connectivity index (χ0v) is 23.3. The molecular weight excluding hydrogens is 511 g/mol. The van der Waals surface area contributed by atoms with Crippen molar-refractivity contribution in [3.05, 3.63) is 58.5 Å². The third kappa shape index (κ3) is 6.68. The molecular formula is C27H36ClFN6O3. The molecule has 0 spiro atoms. The van der Waals surface area contributed by atoms with Crippen LogP contribution in [-0.4, -0.2) is 66.3 Å². The van der Waals surface area contributed by atoms with Gasteiger partial charge in [-0.2, -0.15) is 0 Å². The second-order valence-corrected chi connectivity index (χ2v) is 9.81. The molecule has 0 radical (unpaired) electrons. The molecule has 0 atom stereocenters. The van der Waals surface area contributed by atoms with E-state index in [-0.39, 0.29) is 49.2 Å². The van der Waals surface area contributed by atoms with Crippen LogP contribution in [0, 0.1) is 19.7 Å². The predicted octanol–water partition coefficient (Wildman–Crippen LogP) is 3.32. The number of amides is 2. The summed E-state index contributed by atoms with van der Waals surface area (Å²) < 4.78 is 19.0. The van der Waals surface area contributed by atoms with Crippen LogP contribution in [0.1, 0.15) is 36.2 Å². The van der Waals surface area contributed by atoms with E-state index in [1.54, 1.807) is 18.0 Å². The fourth-order valence-electron chi connectivity index (χ4n) is 4.54. The Labute approximate surface area is 228 Å². The summed E-state index contributed by atoms with van der Waals surface area (Å²) in [5.41, 5.74) is 5.01. The first kappa shape index (κ1) is 29.5. The Hall–Kier alpha value is -3.05. The molecule has 1 aliphatic rings. The van der Waals surface area contributed by atoms with Gasteiger partial charge in [-0.25, -0.2) is 9.40 Å². The Morgan fingerprint density at radius 2 is 1.82 bits per heavy atom. The minimum absolute atomic E-state index is 0. The molecule has 2 aromatic carbocycles. The van der Waals surface area contributed by atoms with Gasteiger partial charge in [-0.05, 0) is 48.7 Å². The monoisotopic (exact) mass is 546 g/mol. The molecule has 0 saturated heterocycles. The summed E-state index contributed by atoms with van der Waals surface area (Å²) in [5.74, 6) is -0.608. The van der Waals surface area contributed by atoms with Crippen molar-refractivity contribution in [2.75, 3.05) is 38.1 Å². The topological polar surface area (TPSA) is 93.9 Å². The first-order valence-electron chi connectivity index (χ1n) is 12.5. The van der Waals surface area contributed by atoms with Crippen LogP contribution in [0.4, 0.5) is 10.1 Å². The fraction of sp³-hybridized carbons (Fsp3) is 0.444. The van der Waals surface area contributed by atoms with Crippen molar-refractivity contribution in [1.82, 2.24) is 25.8 Å². The summed E-state index contributed by atoms with van der Waals surface area (Å²) in [7, 11) is 1.69. The van der Waals surface area contributed by atoms with E-state index < -0.39 is 0 Å². The Balaban J connectivity index is 0.00000400. The van der Waals surface area contributed by atoms with E-state index in [9.17, 15) is 14.0 Å². The van der Waals surface area contributed by atoms with Crippen molar-refractivity contribution in [2.45, 2.75) is 46.8 Å². The minimum Gasteiger partial charge on any atom is -0.356 e. The van der Waals surface area contributed by atoms with Gasteiger partial charge in [-0.15, -0.1) is 12.4 Å². The maximum atomic E-state index is 13.5. The van der Waals surface area contributed by atoms with Crippen molar-refractivity contribution >= 4 is 40.9 Å². The SMILES string of the molecule is Cc1cc2c(C)noc2cc1N(CCNC(C)C)C(=O)CNCC(=O)N(C)N1Cc2ccc(F)cc2C1.Cl. The number of nitrogens with zero attached hydrogens (tertiary/aromatic N) is 4. The second-order valence-electron chi connectivity index (χ2n) is 9.81. The molecule has 2 N–H and O–H groups in total. The summed E-state index contributed by atoms with van der Waals surface area (Å²) in [4.78, 5) is 27.8. The lowest BCUT2D eigenvalue weighted by atomic mass is 10.1. The van der Waals surface area contributed by atoms with Crippen molar-refractivity contribution in [2.24, 2.45) is 0 Å². The number of hydrogen-bond donors (Lipinski definition) is 2. The molecule has 2 amide bonds. The van der Waals surface area contributed by atoms with Crippen LogP contribution in [0.3, 0.4) is 0 Å². The smallest absolute Gasteiger partial charge is 0.250 e. The molecule has 9 nitrogen and oxygen atoms in total. The average molecular weight is 547 g/mol. The number of aromatic nitrogens is 1. The molecule has 1 aliphatic heterocycles. The number of aryl methyl sites for hydroxylation is 2. The second kappa shape index (κ2) is 12.7. The summed E-state index contributed by atoms with van der Waals surface area (Å²) in [6.45, 7) is 10.0. The highest BCUT2D eigenvalue weighted by atomic mass is 35.5. The van der Waals surface area contributed by atoms with Gasteiger partial charge < -0.3 is 14.7 Å². The van der Waals surface area contributed by atoms with Gasteiger partial charge in [0.2, 0.25) is 5.91 Å². The number of carbonyl (C=O) groups is 2. The molecule has 11 heteroatoms. The standard InChI is InChI=1S/C27H35FN6O3.ClH/c1-17(2)30-8-9-34(24-12-25-23(10-18(24)3)19(4)31-37-25)27(36)14-29-13-26(35)32(5)33-15-20-6-7-22(28)11-21(20)16-33;/h6-7,10-12,17,29-30H,8-9,13-16H2,1-5H3;1H. The third-order valence-corrected chi connectivity index (χ3v) is 6.66. The van der Waals surface area contributed by atoms with Crippen molar-refractivity contribution < 1.29 is 18.5 Å². The van der Waals surface area contributed by atoms with E-state index in [0.29, 0.717) is 31.8 Å². The molecule has 0 unspecified atom stereocenters. The van der Waals surface area contributed by atoms with E-state index in [0.717, 1.165) is 33.5 Å². The van der Waals surface area contributed by atoms with Gasteiger partial charge in [0.05, 0.1) is 24.5 Å². The van der Waals surface area contributed by atoms with Crippen LogP contribution in [-0.2, 0) is 22.7 Å². The molecule has 38 heavy (non-hydrogen) atoms. The Bertz CT molecular complexity index is 1300. The molecule has 0 saturated carbocycles. The van der Waals surface area contributed by atoms with Crippen LogP contribution < -0.4 is 15.5 Å². The summed E-state index contributed by atoms with van der Waals surface area (Å²) in [6, 6.07) is 8.82. The van der Waals surface area contributed by atoms with Crippen molar-refractivity contribution in [3.8, 4) is 0 Å². The molecule has 1 aromatic heterocycles. The average Bonchev–Trinajstić information content (AvgIpc) is 3.43. The van der Waals surface area contributed by atoms with E-state index in [1.807, 2.05) is 31.0 Å². The van der Waals surface area contributed by atoms with Gasteiger partial charge in [-0.3, -0.25) is 19.9 Å². The molecule has 206 valence electrons. The lowest BCUT2D eigenvalue weighted by Crippen LogP contribution is -2.47. The summed E-state index contributed by atoms with van der Waals surface area (Å²) >= 11 is 0. The van der Waals surface area contributed by atoms with Crippen molar-refractivity contribution in [1.29, 1.82) is 0 Å². The number of nitrogens with one attached hydrogen (secondary N) is 2. The van der Waals surface area contributed by atoms with Gasteiger partial charge in [-0.1, -0.05) is 25.1 Å². The Morgan fingerprint density at radius 1 is 1.11 bits per heavy atom. The zero-order chi connectivity index (χ0) is 26.7. The quantitative estimate of drug-likeness (QED) is 0.403. The minimum atomic E-state index is -0.282. The fourth-order valence-corrected chi connectivity index (χ4v) is 4.54. The summed E-state index contributed by atoms with van der Waals surface area (Å²) in [6.07, 6.45) is 0. The van der Waals surface area contributed by atoms with Gasteiger partial charge in [0, 0.05) is 50.7 Å². The van der Waals surface area contributed by atoms with Crippen molar-refractivity contribution in [3.63, 3.8) is 0 Å². The number of fused-ring (bicyclic) bond motifs is 2. The largest absolute Gasteiger partial charge is 0.356 e. The van der Waals surface area contributed by atoms with Crippen LogP contribution in [0.15, 0.2) is 34.9 Å². The normalized spacial score (nSPS) is 13.0. The van der Waals surface area contributed by atoms with E-state index in [1.165, 1.54) is 17.1 Å². The molecule has 0 fully saturated rings. The number of hydrogen-bond acceptors (Lipinski definition) is 7. The molecule has 2 heterocycles. The highest BCUT2D eigenvalue weighted by Gasteiger charge is 2.26. The van der Waals surface area contributed by atoms with Gasteiger partial charge >= 0.3 is 0 Å². The zero-order valence-electron chi connectivity index (χ0n) is 22.5. The number of hydrazine groups is 1. The lowest BCUT2D eigenvalue weighted by molar-refractivity contribution is -0.145. The number of likely N-dealkylation sites (N-methyl/N-ethyl adjacent to an activating group) is 1. The predicted molar refractivity (Wildman–Crippen MR) is 148 cm³/mol. The first-order valence-corrected chi connectivity index (χ1v) is 12.5. The molecule has 0 aliphatic carbocycles. The maximum Gasteiger partial charge on any atom is 0.250 e. The highest BCUT2D eigenvalue weighted by molar-refractivity contribution is 5.98. The molecule has 0 bridgehead atoms. The first-order chi connectivity index (χ1) is 17.6. The Kier molecular flexibility index (Phi) is 9.83. The third-order valence-electron chi connectivity index (χ3n) is 6.66. The van der Waals surface area contributed by atoms with E-state index >= 15 is 0 Å². The highest BCUT2D eigenvalue weighted by Crippen LogP contribution is 2.29. The van der Waals surface area contributed by atoms with E-state index in [2.05, 4.69) is 29.6 Å². The van der Waals surface area contributed by atoms with Crippen LogP contribution in [0.5, 0.6) is 0 Å². The van der Waals surface area contributed by atoms with Crippen LogP contribution in [0.25, 0.3) is 11.0 Å². The number of rotatable bonds is 10. The number of carbonyl (C=O) groups excluding carboxylic acids is 2. The van der Waals surface area contributed by atoms with Gasteiger partial charge in [0.15, 0.2) is 5.58 Å². The number of anilines is 1. The maximum absolute atomic E-state index is 13.5. The number of benzene rings is 2. The molecule has 4 rings (SSSR count). The molecule has 3 aromatic rings. The van der Waals surface area contributed by atoms with Crippen LogP contribution >= 0.6 is 12.4 Å². The van der Waals surface area contributed by atoms with Gasteiger partial charge in [0.1, 0.15) is 5.82 Å². The van der Waals surface area contributed by atoms with Crippen LogP contribution in [0.2, 0.25) is 0 Å². The van der Waals surface area contributed by atoms with Gasteiger partial charge in [0.25, 0.3) is 5.91 Å². The lowest BCUT2D eigenvalue weighted by Gasteiger charge is -2.28. The van der Waals surface area contributed by atoms with E-state index in [4.69, 9.17) is 4.52 Å². The number of halogens is 2. The Morgan fingerprint density at radius 3 is 2.55 bits per heavy atom.